The highest BCUT2D eigenvalue weighted by atomic mass is 35.5. The smallest absolute Gasteiger partial charge is 0.326 e. The average molecular weight is 300 g/mol. The minimum atomic E-state index is -3.65. The molecule has 5 nitrogen and oxygen atoms in total. The second-order valence-electron chi connectivity index (χ2n) is 4.57. The first-order valence-corrected chi connectivity index (χ1v) is 7.67. The van der Waals surface area contributed by atoms with E-state index in [0.717, 1.165) is 6.26 Å². The number of carbonyl (C=O) groups is 1. The maximum atomic E-state index is 11.7. The zero-order valence-corrected chi connectivity index (χ0v) is 11.4. The quantitative estimate of drug-likeness (QED) is 0.911. The molecule has 0 aliphatic heterocycles. The van der Waals surface area contributed by atoms with Gasteiger partial charge in [-0.3, -0.25) is 4.79 Å². The van der Waals surface area contributed by atoms with Crippen LogP contribution < -0.4 is 0 Å². The Bertz CT molecular complexity index is 694. The number of nitriles is 1. The Morgan fingerprint density at radius 2 is 2.16 bits per heavy atom. The topological polar surface area (TPSA) is 95.2 Å². The molecule has 3 atom stereocenters. The van der Waals surface area contributed by atoms with E-state index in [1.807, 2.05) is 0 Å². The second-order valence-corrected chi connectivity index (χ2v) is 7.17. The summed E-state index contributed by atoms with van der Waals surface area (Å²) in [5.41, 5.74) is -1.47. The highest BCUT2D eigenvalue weighted by molar-refractivity contribution is 7.91. The summed E-state index contributed by atoms with van der Waals surface area (Å²) in [5, 5.41) is 17.5. The molecule has 0 radical (unpaired) electrons. The van der Waals surface area contributed by atoms with E-state index in [-0.39, 0.29) is 0 Å². The van der Waals surface area contributed by atoms with Gasteiger partial charge in [-0.2, -0.15) is 5.26 Å². The number of halogens is 1. The molecular weight excluding hydrogens is 290 g/mol. The number of hydrogen-bond acceptors (Lipinski definition) is 4. The standard InChI is InChI=1S/C12H10ClNO4S/c1-19(17,18)10-9(12(10,6-14)11(15)16)7-3-2-4-8(13)5-7/h2-5,9-10H,1H3,(H,15,16)/t9-,10-,12-/m1/s1. The molecule has 1 N–H and O–H groups in total. The van der Waals surface area contributed by atoms with Crippen molar-refractivity contribution < 1.29 is 18.3 Å². The molecule has 0 unspecified atom stereocenters. The van der Waals surface area contributed by atoms with Crippen molar-refractivity contribution in [2.75, 3.05) is 6.26 Å². The highest BCUT2D eigenvalue weighted by Gasteiger charge is 2.76. The van der Waals surface area contributed by atoms with Gasteiger partial charge in [-0.25, -0.2) is 8.42 Å². The van der Waals surface area contributed by atoms with E-state index in [2.05, 4.69) is 0 Å². The normalized spacial score (nSPS) is 29.5. The number of sulfone groups is 1. The van der Waals surface area contributed by atoms with Crippen LogP contribution in [-0.2, 0) is 14.6 Å². The number of hydrogen-bond donors (Lipinski definition) is 1. The van der Waals surface area contributed by atoms with Crippen LogP contribution in [0.1, 0.15) is 11.5 Å². The van der Waals surface area contributed by atoms with Crippen molar-refractivity contribution in [1.82, 2.24) is 0 Å². The van der Waals surface area contributed by atoms with Crippen LogP contribution in [0.3, 0.4) is 0 Å². The van der Waals surface area contributed by atoms with Crippen LogP contribution in [0.25, 0.3) is 0 Å². The lowest BCUT2D eigenvalue weighted by atomic mass is 10.0. The van der Waals surface area contributed by atoms with Gasteiger partial charge in [0.1, 0.15) is 5.25 Å². The summed E-state index contributed by atoms with van der Waals surface area (Å²) in [5.74, 6) is -2.31. The molecule has 0 amide bonds. The van der Waals surface area contributed by atoms with Gasteiger partial charge in [0.15, 0.2) is 15.3 Å². The van der Waals surface area contributed by atoms with Crippen LogP contribution in [0, 0.1) is 16.7 Å². The lowest BCUT2D eigenvalue weighted by Gasteiger charge is -2.02. The van der Waals surface area contributed by atoms with Crippen molar-refractivity contribution in [1.29, 1.82) is 5.26 Å². The predicted molar refractivity (Wildman–Crippen MR) is 68.5 cm³/mol. The molecule has 7 heteroatoms. The number of rotatable bonds is 3. The Morgan fingerprint density at radius 1 is 1.53 bits per heavy atom. The van der Waals surface area contributed by atoms with Crippen LogP contribution in [-0.4, -0.2) is 31.0 Å². The fourth-order valence-corrected chi connectivity index (χ4v) is 4.48. The third-order valence-corrected chi connectivity index (χ3v) is 5.14. The Kier molecular flexibility index (Phi) is 3.07. The van der Waals surface area contributed by atoms with E-state index in [1.54, 1.807) is 24.3 Å². The second kappa shape index (κ2) is 4.22. The molecule has 1 fully saturated rings. The van der Waals surface area contributed by atoms with Gasteiger partial charge >= 0.3 is 5.97 Å². The Hall–Kier alpha value is -1.58. The molecule has 0 aromatic heterocycles. The summed E-state index contributed by atoms with van der Waals surface area (Å²) < 4.78 is 23.4. The molecule has 0 bridgehead atoms. The SMILES string of the molecule is CS(=O)(=O)[C@@H]1[C@@H](c2cccc(Cl)c2)[C@@]1(C#N)C(=O)O. The minimum absolute atomic E-state index is 0.369. The van der Waals surface area contributed by atoms with E-state index in [4.69, 9.17) is 16.9 Å². The first kappa shape index (κ1) is 13.8. The maximum Gasteiger partial charge on any atom is 0.326 e. The molecule has 0 spiro atoms. The third-order valence-electron chi connectivity index (χ3n) is 3.34. The van der Waals surface area contributed by atoms with E-state index in [1.165, 1.54) is 6.07 Å². The van der Waals surface area contributed by atoms with Gasteiger partial charge in [-0.05, 0) is 17.7 Å². The fraction of sp³-hybridized carbons (Fsp3) is 0.333. The number of benzene rings is 1. The summed E-state index contributed by atoms with van der Waals surface area (Å²) in [7, 11) is -3.65. The molecule has 1 saturated carbocycles. The van der Waals surface area contributed by atoms with E-state index >= 15 is 0 Å². The minimum Gasteiger partial charge on any atom is -0.480 e. The van der Waals surface area contributed by atoms with Gasteiger partial charge in [0.2, 0.25) is 0 Å². The summed E-state index contributed by atoms with van der Waals surface area (Å²) in [4.78, 5) is 11.3. The zero-order valence-electron chi connectivity index (χ0n) is 9.87. The number of aliphatic carboxylic acids is 1. The molecular formula is C12H10ClNO4S. The molecule has 1 aromatic rings. The van der Waals surface area contributed by atoms with Gasteiger partial charge in [0, 0.05) is 17.2 Å². The summed E-state index contributed by atoms with van der Waals surface area (Å²) in [6, 6.07) is 7.92. The monoisotopic (exact) mass is 299 g/mol. The highest BCUT2D eigenvalue weighted by Crippen LogP contribution is 2.62. The molecule has 1 aromatic carbocycles. The molecule has 1 aliphatic carbocycles. The summed E-state index contributed by atoms with van der Waals surface area (Å²) in [6.07, 6.45) is 0.942. The van der Waals surface area contributed by atoms with E-state index < -0.39 is 32.4 Å². The van der Waals surface area contributed by atoms with Gasteiger partial charge in [-0.1, -0.05) is 23.7 Å². The Morgan fingerprint density at radius 3 is 2.53 bits per heavy atom. The maximum absolute atomic E-state index is 11.7. The first-order chi connectivity index (χ1) is 8.75. The number of nitrogens with zero attached hydrogens (tertiary/aromatic N) is 1. The first-order valence-electron chi connectivity index (χ1n) is 5.34. The molecule has 19 heavy (non-hydrogen) atoms. The van der Waals surface area contributed by atoms with Crippen LogP contribution in [0.2, 0.25) is 5.02 Å². The summed E-state index contributed by atoms with van der Waals surface area (Å²) in [6.45, 7) is 0. The van der Waals surface area contributed by atoms with Gasteiger partial charge in [0.25, 0.3) is 0 Å². The molecule has 1 aliphatic rings. The van der Waals surface area contributed by atoms with Gasteiger partial charge in [0.05, 0.1) is 6.07 Å². The molecule has 0 saturated heterocycles. The molecule has 0 heterocycles. The van der Waals surface area contributed by atoms with Gasteiger partial charge in [-0.15, -0.1) is 0 Å². The van der Waals surface area contributed by atoms with Crippen molar-refractivity contribution in [3.05, 3.63) is 34.9 Å². The lowest BCUT2D eigenvalue weighted by molar-refractivity contribution is -0.141. The average Bonchev–Trinajstić information content (AvgIpc) is 2.99. The summed E-state index contributed by atoms with van der Waals surface area (Å²) >= 11 is 5.81. The van der Waals surface area contributed by atoms with E-state index in [0.29, 0.717) is 10.6 Å². The van der Waals surface area contributed by atoms with Crippen molar-refractivity contribution in [2.45, 2.75) is 11.2 Å². The van der Waals surface area contributed by atoms with Gasteiger partial charge < -0.3 is 5.11 Å². The van der Waals surface area contributed by atoms with Crippen LogP contribution in [0.5, 0.6) is 0 Å². The molecule has 100 valence electrons. The largest absolute Gasteiger partial charge is 0.480 e. The Labute approximate surface area is 115 Å². The molecule has 2 rings (SSSR count). The van der Waals surface area contributed by atoms with Crippen molar-refractivity contribution in [2.24, 2.45) is 5.41 Å². The zero-order chi connectivity index (χ0) is 14.4. The Balaban J connectivity index is 2.58. The van der Waals surface area contributed by atoms with Crippen molar-refractivity contribution in [3.63, 3.8) is 0 Å². The van der Waals surface area contributed by atoms with Crippen LogP contribution in [0.4, 0.5) is 0 Å². The lowest BCUT2D eigenvalue weighted by Crippen LogP contribution is -2.21. The van der Waals surface area contributed by atoms with E-state index in [9.17, 15) is 18.3 Å². The predicted octanol–water partition coefficient (Wildman–Crippen LogP) is 1.44. The van der Waals surface area contributed by atoms with Crippen LogP contribution in [0.15, 0.2) is 24.3 Å². The third kappa shape index (κ3) is 1.99. The number of carboxylic acids is 1. The number of carboxylic acid groups (broad SMARTS) is 1. The van der Waals surface area contributed by atoms with Crippen molar-refractivity contribution >= 4 is 27.4 Å². The van der Waals surface area contributed by atoms with Crippen molar-refractivity contribution in [3.8, 4) is 6.07 Å². The fourth-order valence-electron chi connectivity index (χ4n) is 2.51. The van der Waals surface area contributed by atoms with Crippen LogP contribution >= 0.6 is 11.6 Å².